The maximum atomic E-state index is 3.24. The first-order chi connectivity index (χ1) is 3.72. The van der Waals surface area contributed by atoms with E-state index < -0.39 is 0 Å². The third-order valence-corrected chi connectivity index (χ3v) is 1.69. The molecule has 1 aliphatic rings. The third kappa shape index (κ3) is 1.20. The Labute approximate surface area is 50.9 Å². The molecule has 0 aromatic heterocycles. The monoisotopic (exact) mass is 114 g/mol. The molecular weight excluding hydrogens is 100 g/mol. The van der Waals surface area contributed by atoms with Crippen LogP contribution in [0.5, 0.6) is 0 Å². The molecule has 48 valence electrons. The zero-order valence-corrected chi connectivity index (χ0v) is 5.81. The van der Waals surface area contributed by atoms with Gasteiger partial charge in [-0.3, -0.25) is 10.2 Å². The second-order valence-corrected chi connectivity index (χ2v) is 2.68. The van der Waals surface area contributed by atoms with Gasteiger partial charge in [0, 0.05) is 12.6 Å². The highest BCUT2D eigenvalue weighted by Gasteiger charge is 2.25. The van der Waals surface area contributed by atoms with Crippen LogP contribution in [0.15, 0.2) is 0 Å². The van der Waals surface area contributed by atoms with Crippen LogP contribution in [0.3, 0.4) is 0 Å². The molecule has 0 spiro atoms. The summed E-state index contributed by atoms with van der Waals surface area (Å²) >= 11 is 0. The topological polar surface area (TPSA) is 25.2 Å². The molecule has 1 rings (SSSR count). The Hall–Kier alpha value is -0.0800. The lowest BCUT2D eigenvalue weighted by atomic mass is 10.3. The number of nitrogens with zero attached hydrogens (tertiary/aromatic N) is 1. The van der Waals surface area contributed by atoms with E-state index in [-0.39, 0.29) is 0 Å². The summed E-state index contributed by atoms with van der Waals surface area (Å²) in [5, 5.41) is 3.24. The molecule has 0 saturated carbocycles. The number of likely N-dealkylation sites (N-methyl/N-ethyl adjacent to an activating group) is 1. The van der Waals surface area contributed by atoms with E-state index in [2.05, 4.69) is 31.1 Å². The lowest BCUT2D eigenvalue weighted by molar-refractivity contribution is 0.261. The van der Waals surface area contributed by atoms with Crippen molar-refractivity contribution in [3.63, 3.8) is 0 Å². The van der Waals surface area contributed by atoms with Crippen molar-refractivity contribution in [2.75, 3.05) is 13.6 Å². The average Bonchev–Trinajstić information content (AvgIpc) is 2.43. The number of rotatable bonds is 2. The lowest BCUT2D eigenvalue weighted by Gasteiger charge is -2.18. The van der Waals surface area contributed by atoms with Crippen molar-refractivity contribution in [1.29, 1.82) is 0 Å². The summed E-state index contributed by atoms with van der Waals surface area (Å²) in [5.41, 5.74) is 0. The highest BCUT2D eigenvalue weighted by molar-refractivity contribution is 4.83. The summed E-state index contributed by atoms with van der Waals surface area (Å²) in [6.07, 6.45) is 0.676. The zero-order valence-electron chi connectivity index (χ0n) is 5.81. The van der Waals surface area contributed by atoms with Gasteiger partial charge in [0.2, 0.25) is 0 Å². The van der Waals surface area contributed by atoms with Gasteiger partial charge >= 0.3 is 0 Å². The van der Waals surface area contributed by atoms with Crippen molar-refractivity contribution in [2.45, 2.75) is 26.1 Å². The van der Waals surface area contributed by atoms with Crippen molar-refractivity contribution in [3.05, 3.63) is 0 Å². The molecule has 0 radical (unpaired) electrons. The number of hydrogen-bond acceptors (Lipinski definition) is 2. The largest absolute Gasteiger partial charge is 0.298 e. The Morgan fingerprint density at radius 2 is 2.12 bits per heavy atom. The predicted octanol–water partition coefficient (Wildman–Crippen LogP) is 0.256. The molecular formula is C6H14N2. The van der Waals surface area contributed by atoms with E-state index in [4.69, 9.17) is 0 Å². The van der Waals surface area contributed by atoms with Gasteiger partial charge in [0.15, 0.2) is 0 Å². The average molecular weight is 114 g/mol. The van der Waals surface area contributed by atoms with Gasteiger partial charge in [-0.05, 0) is 20.9 Å². The Bertz CT molecular complexity index is 74.6. The highest BCUT2D eigenvalue weighted by atomic mass is 15.4. The van der Waals surface area contributed by atoms with Crippen molar-refractivity contribution in [2.24, 2.45) is 0 Å². The van der Waals surface area contributed by atoms with E-state index in [1.165, 1.54) is 6.54 Å². The minimum absolute atomic E-state index is 0.676. The molecule has 8 heavy (non-hydrogen) atoms. The summed E-state index contributed by atoms with van der Waals surface area (Å²) in [5.74, 6) is 0. The number of hydrogen-bond donors (Lipinski definition) is 1. The molecule has 0 bridgehead atoms. The van der Waals surface area contributed by atoms with Gasteiger partial charge in [-0.15, -0.1) is 0 Å². The molecule has 0 aromatic rings. The normalized spacial score (nSPS) is 27.4. The molecule has 0 aromatic carbocycles. The van der Waals surface area contributed by atoms with E-state index in [1.54, 1.807) is 0 Å². The van der Waals surface area contributed by atoms with Crippen LogP contribution in [-0.2, 0) is 0 Å². The lowest BCUT2D eigenvalue weighted by Crippen LogP contribution is -2.30. The Kier molecular flexibility index (Phi) is 1.54. The van der Waals surface area contributed by atoms with E-state index in [0.717, 1.165) is 0 Å². The fourth-order valence-electron chi connectivity index (χ4n) is 0.701. The first-order valence-corrected chi connectivity index (χ1v) is 3.17. The van der Waals surface area contributed by atoms with E-state index in [1.807, 2.05) is 0 Å². The van der Waals surface area contributed by atoms with Crippen LogP contribution in [-0.4, -0.2) is 30.7 Å². The van der Waals surface area contributed by atoms with Crippen LogP contribution >= 0.6 is 0 Å². The summed E-state index contributed by atoms with van der Waals surface area (Å²) < 4.78 is 0. The third-order valence-electron chi connectivity index (χ3n) is 1.69. The van der Waals surface area contributed by atoms with Crippen molar-refractivity contribution < 1.29 is 0 Å². The van der Waals surface area contributed by atoms with Crippen molar-refractivity contribution in [1.82, 2.24) is 10.2 Å². The molecule has 1 heterocycles. The standard InChI is InChI=1S/C6H14N2/c1-5(2)8(3)6-4-7-6/h5-7H,4H2,1-3H3. The molecule has 0 aliphatic carbocycles. The second-order valence-electron chi connectivity index (χ2n) is 2.68. The van der Waals surface area contributed by atoms with Crippen LogP contribution in [0.1, 0.15) is 13.8 Å². The molecule has 1 unspecified atom stereocenters. The van der Waals surface area contributed by atoms with Crippen LogP contribution in [0, 0.1) is 0 Å². The fourth-order valence-corrected chi connectivity index (χ4v) is 0.701. The molecule has 1 N–H and O–H groups in total. The van der Waals surface area contributed by atoms with Crippen LogP contribution in [0.2, 0.25) is 0 Å². The highest BCUT2D eigenvalue weighted by Crippen LogP contribution is 2.05. The van der Waals surface area contributed by atoms with Crippen LogP contribution in [0.25, 0.3) is 0 Å². The molecule has 1 aliphatic heterocycles. The minimum Gasteiger partial charge on any atom is -0.298 e. The van der Waals surface area contributed by atoms with Gasteiger partial charge in [-0.2, -0.15) is 0 Å². The smallest absolute Gasteiger partial charge is 0.0727 e. The molecule has 0 amide bonds. The van der Waals surface area contributed by atoms with Crippen molar-refractivity contribution >= 4 is 0 Å². The second kappa shape index (κ2) is 2.03. The summed E-state index contributed by atoms with van der Waals surface area (Å²) in [6, 6.07) is 0.676. The predicted molar refractivity (Wildman–Crippen MR) is 34.7 cm³/mol. The summed E-state index contributed by atoms with van der Waals surface area (Å²) in [6.45, 7) is 5.59. The zero-order chi connectivity index (χ0) is 6.15. The van der Waals surface area contributed by atoms with Gasteiger partial charge in [0.1, 0.15) is 0 Å². The first-order valence-electron chi connectivity index (χ1n) is 3.17. The minimum atomic E-state index is 0.676. The quantitative estimate of drug-likeness (QED) is 0.521. The maximum Gasteiger partial charge on any atom is 0.0727 e. The van der Waals surface area contributed by atoms with Crippen LogP contribution in [0.4, 0.5) is 0 Å². The van der Waals surface area contributed by atoms with E-state index in [9.17, 15) is 0 Å². The fraction of sp³-hybridized carbons (Fsp3) is 1.00. The summed E-state index contributed by atoms with van der Waals surface area (Å²) in [4.78, 5) is 2.33. The van der Waals surface area contributed by atoms with Gasteiger partial charge in [0.25, 0.3) is 0 Å². The van der Waals surface area contributed by atoms with E-state index >= 15 is 0 Å². The first kappa shape index (κ1) is 6.05. The molecule has 1 saturated heterocycles. The molecule has 2 nitrogen and oxygen atoms in total. The summed E-state index contributed by atoms with van der Waals surface area (Å²) in [7, 11) is 2.15. The Morgan fingerprint density at radius 1 is 1.62 bits per heavy atom. The maximum absolute atomic E-state index is 3.24. The van der Waals surface area contributed by atoms with Crippen LogP contribution < -0.4 is 5.32 Å². The van der Waals surface area contributed by atoms with Gasteiger partial charge in [-0.1, -0.05) is 0 Å². The van der Waals surface area contributed by atoms with Gasteiger partial charge in [0.05, 0.1) is 6.17 Å². The number of nitrogens with one attached hydrogen (secondary N) is 1. The molecule has 1 atom stereocenters. The van der Waals surface area contributed by atoms with Gasteiger partial charge in [-0.25, -0.2) is 0 Å². The Balaban J connectivity index is 2.22. The van der Waals surface area contributed by atoms with E-state index in [0.29, 0.717) is 12.2 Å². The Morgan fingerprint density at radius 3 is 2.25 bits per heavy atom. The molecule has 2 heteroatoms. The van der Waals surface area contributed by atoms with Gasteiger partial charge < -0.3 is 0 Å². The SMILES string of the molecule is CC(C)N(C)C1CN1. The van der Waals surface area contributed by atoms with Crippen molar-refractivity contribution in [3.8, 4) is 0 Å². The molecule has 1 fully saturated rings.